The molecular weight excluding hydrogens is 256 g/mol. The Hall–Kier alpha value is -1.78. The Labute approximate surface area is 120 Å². The summed E-state index contributed by atoms with van der Waals surface area (Å²) in [4.78, 5) is 25.7. The first-order valence-corrected chi connectivity index (χ1v) is 7.12. The van der Waals surface area contributed by atoms with Crippen molar-refractivity contribution in [2.75, 3.05) is 13.2 Å². The molecule has 5 nitrogen and oxygen atoms in total. The first kappa shape index (κ1) is 16.3. The van der Waals surface area contributed by atoms with E-state index in [0.717, 1.165) is 13.0 Å². The minimum absolute atomic E-state index is 0.0123. The topological polar surface area (TPSA) is 51.5 Å². The van der Waals surface area contributed by atoms with Gasteiger partial charge in [-0.15, -0.1) is 0 Å². The largest absolute Gasteiger partial charge is 0.465 e. The zero-order valence-electron chi connectivity index (χ0n) is 12.8. The molecule has 20 heavy (non-hydrogen) atoms. The highest BCUT2D eigenvalue weighted by Gasteiger charge is 2.24. The van der Waals surface area contributed by atoms with Crippen LogP contribution in [0, 0.1) is 0 Å². The van der Waals surface area contributed by atoms with Gasteiger partial charge in [-0.3, -0.25) is 9.59 Å². The van der Waals surface area contributed by atoms with Gasteiger partial charge >= 0.3 is 5.97 Å². The van der Waals surface area contributed by atoms with Crippen molar-refractivity contribution in [1.29, 1.82) is 0 Å². The molecule has 1 aromatic heterocycles. The molecule has 0 N–H and O–H groups in total. The lowest BCUT2D eigenvalue weighted by atomic mass is 10.2. The summed E-state index contributed by atoms with van der Waals surface area (Å²) in [6, 6.07) is 3.58. The Bertz CT molecular complexity index is 452. The van der Waals surface area contributed by atoms with Crippen LogP contribution in [-0.4, -0.2) is 40.5 Å². The van der Waals surface area contributed by atoms with Crippen molar-refractivity contribution in [2.45, 2.75) is 46.7 Å². The minimum atomic E-state index is -0.372. The third kappa shape index (κ3) is 4.11. The summed E-state index contributed by atoms with van der Waals surface area (Å²) in [7, 11) is 0. The molecule has 112 valence electrons. The molecule has 0 saturated carbocycles. The summed E-state index contributed by atoms with van der Waals surface area (Å²) in [5.41, 5.74) is 0.616. The molecule has 1 amide bonds. The van der Waals surface area contributed by atoms with Crippen molar-refractivity contribution >= 4 is 11.9 Å². The molecule has 0 aromatic carbocycles. The monoisotopic (exact) mass is 280 g/mol. The fraction of sp³-hybridized carbons (Fsp3) is 0.600. The average molecular weight is 280 g/mol. The Kier molecular flexibility index (Phi) is 6.28. The second kappa shape index (κ2) is 7.72. The molecule has 0 unspecified atom stereocenters. The first-order chi connectivity index (χ1) is 9.51. The van der Waals surface area contributed by atoms with Crippen molar-refractivity contribution in [2.24, 2.45) is 0 Å². The lowest BCUT2D eigenvalue weighted by molar-refractivity contribution is -0.144. The molecule has 1 rings (SSSR count). The van der Waals surface area contributed by atoms with Crippen molar-refractivity contribution < 1.29 is 14.3 Å². The molecule has 0 aliphatic rings. The van der Waals surface area contributed by atoms with Crippen LogP contribution in [0.15, 0.2) is 18.3 Å². The van der Waals surface area contributed by atoms with Gasteiger partial charge in [0.05, 0.1) is 6.61 Å². The fourth-order valence-electron chi connectivity index (χ4n) is 2.03. The van der Waals surface area contributed by atoms with E-state index in [4.69, 9.17) is 4.74 Å². The summed E-state index contributed by atoms with van der Waals surface area (Å²) < 4.78 is 6.85. The molecule has 5 heteroatoms. The Balaban J connectivity index is 2.88. The summed E-state index contributed by atoms with van der Waals surface area (Å²) in [5, 5.41) is 0. The summed E-state index contributed by atoms with van der Waals surface area (Å²) in [5.74, 6) is -0.505. The number of hydrogen-bond acceptors (Lipinski definition) is 3. The second-order valence-electron chi connectivity index (χ2n) is 4.92. The molecule has 0 spiro atoms. The number of aryl methyl sites for hydroxylation is 1. The molecule has 0 aliphatic heterocycles. The lowest BCUT2D eigenvalue weighted by Crippen LogP contribution is -2.42. The highest BCUT2D eigenvalue weighted by Crippen LogP contribution is 2.11. The number of rotatable bonds is 7. The van der Waals surface area contributed by atoms with Gasteiger partial charge in [0.25, 0.3) is 5.91 Å². The predicted molar refractivity (Wildman–Crippen MR) is 77.5 cm³/mol. The minimum Gasteiger partial charge on any atom is -0.465 e. The van der Waals surface area contributed by atoms with Crippen LogP contribution in [0.3, 0.4) is 0 Å². The second-order valence-corrected chi connectivity index (χ2v) is 4.92. The number of ether oxygens (including phenoxy) is 1. The Morgan fingerprint density at radius 3 is 2.60 bits per heavy atom. The molecule has 0 radical (unpaired) electrons. The highest BCUT2D eigenvalue weighted by atomic mass is 16.5. The summed E-state index contributed by atoms with van der Waals surface area (Å²) in [6.45, 7) is 8.71. The van der Waals surface area contributed by atoms with Crippen molar-refractivity contribution in [3.05, 3.63) is 24.0 Å². The van der Waals surface area contributed by atoms with Crippen LogP contribution in [-0.2, 0) is 16.1 Å². The van der Waals surface area contributed by atoms with Gasteiger partial charge in [-0.05, 0) is 39.3 Å². The molecule has 0 saturated heterocycles. The Morgan fingerprint density at radius 1 is 1.35 bits per heavy atom. The normalized spacial score (nSPS) is 10.7. The maximum absolute atomic E-state index is 12.6. The quantitative estimate of drug-likeness (QED) is 0.720. The maximum atomic E-state index is 12.6. The van der Waals surface area contributed by atoms with E-state index in [9.17, 15) is 9.59 Å². The number of esters is 1. The first-order valence-electron chi connectivity index (χ1n) is 7.12. The third-order valence-electron chi connectivity index (χ3n) is 3.00. The van der Waals surface area contributed by atoms with Crippen LogP contribution in [0.2, 0.25) is 0 Å². The molecule has 0 fully saturated rings. The van der Waals surface area contributed by atoms with Gasteiger partial charge in [0, 0.05) is 18.8 Å². The van der Waals surface area contributed by atoms with Crippen molar-refractivity contribution in [3.63, 3.8) is 0 Å². The lowest BCUT2D eigenvalue weighted by Gasteiger charge is -2.26. The van der Waals surface area contributed by atoms with Crippen molar-refractivity contribution in [1.82, 2.24) is 9.47 Å². The molecule has 0 aliphatic carbocycles. The molecule has 0 atom stereocenters. The van der Waals surface area contributed by atoms with Gasteiger partial charge in [0.1, 0.15) is 12.2 Å². The summed E-state index contributed by atoms with van der Waals surface area (Å²) in [6.07, 6.45) is 2.84. The average Bonchev–Trinajstić information content (AvgIpc) is 2.84. The van der Waals surface area contributed by atoms with Gasteiger partial charge < -0.3 is 14.2 Å². The Morgan fingerprint density at radius 2 is 2.05 bits per heavy atom. The predicted octanol–water partition coefficient (Wildman–Crippen LogP) is 2.31. The maximum Gasteiger partial charge on any atom is 0.325 e. The molecule has 0 bridgehead atoms. The molecular formula is C15H24N2O3. The van der Waals surface area contributed by atoms with E-state index in [1.165, 1.54) is 0 Å². The van der Waals surface area contributed by atoms with Gasteiger partial charge in [0.15, 0.2) is 0 Å². The smallest absolute Gasteiger partial charge is 0.325 e. The van der Waals surface area contributed by atoms with E-state index in [-0.39, 0.29) is 24.5 Å². The fourth-order valence-corrected chi connectivity index (χ4v) is 2.03. The third-order valence-corrected chi connectivity index (χ3v) is 3.00. The van der Waals surface area contributed by atoms with Gasteiger partial charge in [-0.1, -0.05) is 6.92 Å². The molecule has 1 heterocycles. The zero-order chi connectivity index (χ0) is 15.1. The number of carbonyl (C=O) groups is 2. The van der Waals surface area contributed by atoms with Crippen LogP contribution in [0.4, 0.5) is 0 Å². The number of hydrogen-bond donors (Lipinski definition) is 0. The number of nitrogens with zero attached hydrogens (tertiary/aromatic N) is 2. The van der Waals surface area contributed by atoms with Crippen LogP contribution in [0.5, 0.6) is 0 Å². The van der Waals surface area contributed by atoms with Crippen LogP contribution in [0.25, 0.3) is 0 Å². The van der Waals surface area contributed by atoms with Crippen LogP contribution in [0.1, 0.15) is 44.6 Å². The number of amides is 1. The van der Waals surface area contributed by atoms with E-state index < -0.39 is 0 Å². The van der Waals surface area contributed by atoms with E-state index in [0.29, 0.717) is 12.3 Å². The number of carbonyl (C=O) groups excluding carboxylic acids is 2. The van der Waals surface area contributed by atoms with E-state index in [1.807, 2.05) is 30.7 Å². The van der Waals surface area contributed by atoms with Gasteiger partial charge in [-0.2, -0.15) is 0 Å². The summed E-state index contributed by atoms with van der Waals surface area (Å²) >= 11 is 0. The standard InChI is InChI=1S/C15H24N2O3/c1-5-9-16-10-7-8-13(16)15(19)17(12(3)4)11-14(18)20-6-2/h7-8,10,12H,5-6,9,11H2,1-4H3. The highest BCUT2D eigenvalue weighted by molar-refractivity contribution is 5.94. The number of aromatic nitrogens is 1. The van der Waals surface area contributed by atoms with Gasteiger partial charge in [-0.25, -0.2) is 0 Å². The van der Waals surface area contributed by atoms with Gasteiger partial charge in [0.2, 0.25) is 0 Å². The SMILES string of the molecule is CCCn1cccc1C(=O)N(CC(=O)OCC)C(C)C. The van der Waals surface area contributed by atoms with Crippen molar-refractivity contribution in [3.8, 4) is 0 Å². The molecule has 1 aromatic rings. The van der Waals surface area contributed by atoms with E-state index >= 15 is 0 Å². The van der Waals surface area contributed by atoms with E-state index in [1.54, 1.807) is 17.9 Å². The zero-order valence-corrected chi connectivity index (χ0v) is 12.8. The van der Waals surface area contributed by atoms with Crippen LogP contribution >= 0.6 is 0 Å². The van der Waals surface area contributed by atoms with Crippen LogP contribution < -0.4 is 0 Å². The van der Waals surface area contributed by atoms with E-state index in [2.05, 4.69) is 6.92 Å².